The second kappa shape index (κ2) is 13.9. The summed E-state index contributed by atoms with van der Waals surface area (Å²) in [6.07, 6.45) is 11.6. The first-order valence-corrected chi connectivity index (χ1v) is 15.8. The fourth-order valence-corrected chi connectivity index (χ4v) is 6.52. The van der Waals surface area contributed by atoms with Crippen molar-refractivity contribution < 1.29 is 9.53 Å². The lowest BCUT2D eigenvalue weighted by Gasteiger charge is -2.17. The molecule has 1 aliphatic carbocycles. The molecule has 0 aromatic carbocycles. The predicted octanol–water partition coefficient (Wildman–Crippen LogP) is 6.29. The van der Waals surface area contributed by atoms with Gasteiger partial charge in [-0.1, -0.05) is 43.4 Å². The summed E-state index contributed by atoms with van der Waals surface area (Å²) in [6, 6.07) is 10.9. The molecule has 0 spiro atoms. The predicted molar refractivity (Wildman–Crippen MR) is 164 cm³/mol. The molecule has 4 heterocycles. The fraction of sp³-hybridized carbons (Fsp3) is 0.533. The van der Waals surface area contributed by atoms with Crippen LogP contribution in [-0.4, -0.2) is 50.9 Å². The van der Waals surface area contributed by atoms with Gasteiger partial charge in [0.25, 0.3) is 5.91 Å². The van der Waals surface area contributed by atoms with Gasteiger partial charge in [0.1, 0.15) is 16.0 Å². The number of nitrogens with zero attached hydrogens (tertiary/aromatic N) is 4. The van der Waals surface area contributed by atoms with Gasteiger partial charge in [0.05, 0.1) is 12.2 Å². The van der Waals surface area contributed by atoms with Crippen molar-refractivity contribution in [3.8, 4) is 11.7 Å². The smallest absolute Gasteiger partial charge is 0.264 e. The van der Waals surface area contributed by atoms with Gasteiger partial charge in [0.2, 0.25) is 5.88 Å². The number of rotatable bonds is 13. The van der Waals surface area contributed by atoms with Crippen LogP contribution in [0.15, 0.2) is 47.6 Å². The van der Waals surface area contributed by atoms with Crippen LogP contribution in [-0.2, 0) is 0 Å². The summed E-state index contributed by atoms with van der Waals surface area (Å²) < 4.78 is 10.2. The Labute approximate surface area is 251 Å². The number of pyridine rings is 2. The first kappa shape index (κ1) is 29.7. The maximum Gasteiger partial charge on any atom is 0.264 e. The minimum Gasteiger partial charge on any atom is -0.477 e. The summed E-state index contributed by atoms with van der Waals surface area (Å²) in [5.41, 5.74) is 0.534. The normalized spacial score (nSPS) is 18.5. The molecule has 1 amide bonds. The molecule has 1 saturated heterocycles. The Morgan fingerprint density at radius 2 is 2.00 bits per heavy atom. The summed E-state index contributed by atoms with van der Waals surface area (Å²) in [5, 5.41) is 12.2. The summed E-state index contributed by atoms with van der Waals surface area (Å²) >= 11 is 7.54. The number of hydrogen-bond acceptors (Lipinski definition) is 8. The second-order valence-corrected chi connectivity index (χ2v) is 12.9. The first-order chi connectivity index (χ1) is 19.8. The molecule has 11 heteroatoms. The van der Waals surface area contributed by atoms with Crippen molar-refractivity contribution >= 4 is 35.3 Å². The van der Waals surface area contributed by atoms with E-state index < -0.39 is 0 Å². The molecule has 1 saturated carbocycles. The van der Waals surface area contributed by atoms with E-state index >= 15 is 0 Å². The molecule has 0 bridgehead atoms. The van der Waals surface area contributed by atoms with E-state index in [2.05, 4.69) is 44.3 Å². The molecule has 41 heavy (non-hydrogen) atoms. The van der Waals surface area contributed by atoms with Gasteiger partial charge in [-0.15, -0.1) is 5.10 Å². The number of amides is 1. The average molecular weight is 598 g/mol. The van der Waals surface area contributed by atoms with Crippen LogP contribution in [0, 0.1) is 11.8 Å². The van der Waals surface area contributed by atoms with Gasteiger partial charge in [0.15, 0.2) is 5.82 Å². The highest BCUT2D eigenvalue weighted by molar-refractivity contribution is 7.97. The van der Waals surface area contributed by atoms with Crippen LogP contribution in [0.5, 0.6) is 5.88 Å². The van der Waals surface area contributed by atoms with E-state index in [1.54, 1.807) is 23.0 Å². The number of hydrogen-bond donors (Lipinski definition) is 3. The minimum absolute atomic E-state index is 0.101. The second-order valence-electron chi connectivity index (χ2n) is 11.7. The Kier molecular flexibility index (Phi) is 10.1. The molecule has 1 aliphatic heterocycles. The van der Waals surface area contributed by atoms with Gasteiger partial charge in [-0.3, -0.25) is 9.52 Å². The molecule has 3 aromatic rings. The monoisotopic (exact) mass is 597 g/mol. The number of halogens is 1. The van der Waals surface area contributed by atoms with E-state index in [-0.39, 0.29) is 22.2 Å². The number of anilines is 1. The van der Waals surface area contributed by atoms with Crippen LogP contribution in [0.3, 0.4) is 0 Å². The number of aromatic nitrogens is 4. The molecule has 3 aromatic heterocycles. The lowest BCUT2D eigenvalue weighted by Crippen LogP contribution is -2.31. The van der Waals surface area contributed by atoms with Crippen LogP contribution in [0.2, 0.25) is 5.15 Å². The molecular formula is C30H40ClN7O2S. The first-order valence-electron chi connectivity index (χ1n) is 14.6. The summed E-state index contributed by atoms with van der Waals surface area (Å²) in [4.78, 5) is 21.8. The van der Waals surface area contributed by atoms with Crippen molar-refractivity contribution in [2.75, 3.05) is 25.0 Å². The Hall–Kier alpha value is -2.82. The van der Waals surface area contributed by atoms with Crippen LogP contribution < -0.4 is 20.1 Å². The topological polar surface area (TPSA) is 106 Å². The fourth-order valence-electron chi connectivity index (χ4n) is 5.68. The van der Waals surface area contributed by atoms with Crippen molar-refractivity contribution in [2.24, 2.45) is 11.8 Å². The molecular weight excluding hydrogens is 558 g/mol. The van der Waals surface area contributed by atoms with E-state index in [4.69, 9.17) is 16.3 Å². The average Bonchev–Trinajstić information content (AvgIpc) is 3.72. The maximum absolute atomic E-state index is 12.8. The van der Waals surface area contributed by atoms with Crippen molar-refractivity contribution in [3.05, 3.63) is 53.3 Å². The van der Waals surface area contributed by atoms with Crippen molar-refractivity contribution in [1.29, 1.82) is 0 Å². The quantitative estimate of drug-likeness (QED) is 0.120. The SMILES string of the molecule is CC1(C)C[C@H](CCCNc2cccc(SNC(=O)c3ccc(-n4ccc(OCCC5CCCC5)n4)nc3Cl)n2)CN1. The minimum atomic E-state index is -0.344. The number of nitrogens with one attached hydrogen (secondary N) is 3. The standard InChI is InChI=1S/C30H40ClN7O2S/c1-30(2)19-22(20-33-30)9-6-16-32-24-10-5-11-27(34-24)41-37-29(39)23-12-13-25(35-28(23)31)38-17-14-26(36-38)40-18-15-21-7-3-4-8-21/h5,10-14,17,21-22,33H,3-4,6-9,15-16,18-20H2,1-2H3,(H,32,34)(H,37,39)/t22-/m0/s1. The largest absolute Gasteiger partial charge is 0.477 e. The molecule has 2 aliphatic rings. The van der Waals surface area contributed by atoms with Gasteiger partial charge in [0, 0.05) is 36.3 Å². The third kappa shape index (κ3) is 8.59. The van der Waals surface area contributed by atoms with E-state index in [0.29, 0.717) is 23.3 Å². The molecule has 0 unspecified atom stereocenters. The third-order valence-corrected chi connectivity index (χ3v) is 8.88. The summed E-state index contributed by atoms with van der Waals surface area (Å²) in [6.45, 7) is 7.15. The number of ether oxygens (including phenoxy) is 1. The zero-order valence-corrected chi connectivity index (χ0v) is 25.4. The molecule has 1 atom stereocenters. The van der Waals surface area contributed by atoms with Gasteiger partial charge < -0.3 is 15.4 Å². The van der Waals surface area contributed by atoms with Crippen molar-refractivity contribution in [1.82, 2.24) is 29.8 Å². The maximum atomic E-state index is 12.8. The molecule has 5 rings (SSSR count). The van der Waals surface area contributed by atoms with E-state index in [9.17, 15) is 4.79 Å². The highest BCUT2D eigenvalue weighted by Gasteiger charge is 2.29. The lowest BCUT2D eigenvalue weighted by atomic mass is 9.94. The van der Waals surface area contributed by atoms with Crippen molar-refractivity contribution in [2.45, 2.75) is 75.8 Å². The number of carbonyl (C=O) groups is 1. The summed E-state index contributed by atoms with van der Waals surface area (Å²) in [7, 11) is 0. The zero-order valence-electron chi connectivity index (χ0n) is 23.9. The van der Waals surface area contributed by atoms with Gasteiger partial charge in [-0.2, -0.15) is 0 Å². The zero-order chi connectivity index (χ0) is 28.7. The van der Waals surface area contributed by atoms with Crippen LogP contribution in [0.25, 0.3) is 5.82 Å². The van der Waals surface area contributed by atoms with Gasteiger partial charge >= 0.3 is 0 Å². The molecule has 3 N–H and O–H groups in total. The van der Waals surface area contributed by atoms with Gasteiger partial charge in [-0.25, -0.2) is 14.6 Å². The molecule has 2 fully saturated rings. The van der Waals surface area contributed by atoms with Crippen molar-refractivity contribution in [3.63, 3.8) is 0 Å². The Bertz CT molecular complexity index is 1310. The highest BCUT2D eigenvalue weighted by Crippen LogP contribution is 2.28. The van der Waals surface area contributed by atoms with E-state index in [1.165, 1.54) is 38.5 Å². The molecule has 220 valence electrons. The third-order valence-electron chi connectivity index (χ3n) is 7.86. The highest BCUT2D eigenvalue weighted by atomic mass is 35.5. The van der Waals surface area contributed by atoms with Crippen LogP contribution >= 0.6 is 23.5 Å². The van der Waals surface area contributed by atoms with Crippen LogP contribution in [0.1, 0.15) is 75.6 Å². The molecule has 9 nitrogen and oxygen atoms in total. The Morgan fingerprint density at radius 3 is 2.78 bits per heavy atom. The Balaban J connectivity index is 1.07. The Morgan fingerprint density at radius 1 is 1.15 bits per heavy atom. The van der Waals surface area contributed by atoms with Gasteiger partial charge in [-0.05, 0) is 82.2 Å². The number of carbonyl (C=O) groups excluding carboxylic acids is 1. The molecule has 0 radical (unpaired) electrons. The van der Waals surface area contributed by atoms with E-state index in [0.717, 1.165) is 55.5 Å². The summed E-state index contributed by atoms with van der Waals surface area (Å²) in [5.74, 6) is 3.02. The lowest BCUT2D eigenvalue weighted by molar-refractivity contribution is 0.0984. The van der Waals surface area contributed by atoms with E-state index in [1.807, 2.05) is 24.3 Å². The van der Waals surface area contributed by atoms with Crippen LogP contribution in [0.4, 0.5) is 5.82 Å².